The summed E-state index contributed by atoms with van der Waals surface area (Å²) in [4.78, 5) is 13.4. The molecule has 4 heteroatoms. The molecule has 0 radical (unpaired) electrons. The summed E-state index contributed by atoms with van der Waals surface area (Å²) >= 11 is 0. The predicted molar refractivity (Wildman–Crippen MR) is 66.4 cm³/mol. The van der Waals surface area contributed by atoms with Crippen LogP contribution in [0.1, 0.15) is 24.0 Å². The highest BCUT2D eigenvalue weighted by molar-refractivity contribution is 5.78. The van der Waals surface area contributed by atoms with Gasteiger partial charge in [-0.05, 0) is 17.5 Å². The molecule has 94 valence electrons. The summed E-state index contributed by atoms with van der Waals surface area (Å²) in [5.74, 6) is 0.0970. The number of likely N-dealkylation sites (tertiary alicyclic amines) is 1. The molecular weight excluding hydrogens is 228 g/mol. The monoisotopic (exact) mass is 244 g/mol. The number of nitrogens with zero attached hydrogens (tertiary/aromatic N) is 2. The quantitative estimate of drug-likeness (QED) is 0.866. The molecule has 0 unspecified atom stereocenters. The van der Waals surface area contributed by atoms with Gasteiger partial charge in [0, 0.05) is 13.0 Å². The van der Waals surface area contributed by atoms with Crippen molar-refractivity contribution >= 4 is 5.91 Å². The number of benzene rings is 1. The molecule has 1 saturated heterocycles. The second-order valence-electron chi connectivity index (χ2n) is 4.55. The lowest BCUT2D eigenvalue weighted by Crippen LogP contribution is -2.34. The van der Waals surface area contributed by atoms with Crippen LogP contribution in [0.3, 0.4) is 0 Å². The van der Waals surface area contributed by atoms with Gasteiger partial charge in [0.25, 0.3) is 0 Å². The number of carbonyl (C=O) groups is 1. The smallest absolute Gasteiger partial charge is 0.223 e. The standard InChI is InChI=1S/C14H16N2O2/c15-7-6-11-2-1-3-12(8-11)9-16-13(10-17)4-5-14(16)18/h1-3,8,13,17H,4-6,9-10H2/t13-/m1/s1. The third-order valence-electron chi connectivity index (χ3n) is 3.29. The second kappa shape index (κ2) is 5.65. The number of amides is 1. The molecule has 0 bridgehead atoms. The van der Waals surface area contributed by atoms with Crippen molar-refractivity contribution in [1.29, 1.82) is 5.26 Å². The Bertz CT molecular complexity index is 479. The summed E-state index contributed by atoms with van der Waals surface area (Å²) in [6, 6.07) is 9.75. The molecule has 18 heavy (non-hydrogen) atoms. The highest BCUT2D eigenvalue weighted by Gasteiger charge is 2.30. The van der Waals surface area contributed by atoms with Gasteiger partial charge in [-0.1, -0.05) is 24.3 Å². The molecule has 1 fully saturated rings. The molecule has 1 heterocycles. The van der Waals surface area contributed by atoms with Crippen molar-refractivity contribution in [3.63, 3.8) is 0 Å². The number of carbonyl (C=O) groups excluding carboxylic acids is 1. The molecular formula is C14H16N2O2. The lowest BCUT2D eigenvalue weighted by atomic mass is 10.1. The van der Waals surface area contributed by atoms with Crippen LogP contribution in [0.5, 0.6) is 0 Å². The molecule has 1 amide bonds. The minimum atomic E-state index is -0.0582. The zero-order valence-electron chi connectivity index (χ0n) is 10.2. The number of nitriles is 1. The molecule has 0 aromatic heterocycles. The predicted octanol–water partition coefficient (Wildman–Crippen LogP) is 1.24. The highest BCUT2D eigenvalue weighted by Crippen LogP contribution is 2.21. The van der Waals surface area contributed by atoms with E-state index in [-0.39, 0.29) is 18.6 Å². The minimum absolute atomic E-state index is 0.0175. The van der Waals surface area contributed by atoms with E-state index in [1.165, 1.54) is 0 Å². The van der Waals surface area contributed by atoms with E-state index in [0.29, 0.717) is 19.4 Å². The average molecular weight is 244 g/mol. The summed E-state index contributed by atoms with van der Waals surface area (Å²) in [6.45, 7) is 0.535. The Morgan fingerprint density at radius 1 is 1.44 bits per heavy atom. The lowest BCUT2D eigenvalue weighted by Gasteiger charge is -2.23. The van der Waals surface area contributed by atoms with Gasteiger partial charge in [0.1, 0.15) is 0 Å². The molecule has 1 aliphatic heterocycles. The summed E-state index contributed by atoms with van der Waals surface area (Å²) in [5, 5.41) is 17.9. The Kier molecular flexibility index (Phi) is 3.96. The van der Waals surface area contributed by atoms with Crippen LogP contribution in [-0.2, 0) is 17.8 Å². The van der Waals surface area contributed by atoms with Gasteiger partial charge in [-0.2, -0.15) is 5.26 Å². The van der Waals surface area contributed by atoms with Crippen LogP contribution in [-0.4, -0.2) is 28.6 Å². The Balaban J connectivity index is 2.11. The van der Waals surface area contributed by atoms with Crippen LogP contribution >= 0.6 is 0 Å². The normalized spacial score (nSPS) is 19.0. The Hall–Kier alpha value is -1.86. The van der Waals surface area contributed by atoms with Gasteiger partial charge in [0.05, 0.1) is 25.1 Å². The topological polar surface area (TPSA) is 64.3 Å². The van der Waals surface area contributed by atoms with Gasteiger partial charge in [-0.15, -0.1) is 0 Å². The molecule has 1 N–H and O–H groups in total. The first kappa shape index (κ1) is 12.6. The van der Waals surface area contributed by atoms with Gasteiger partial charge in [-0.3, -0.25) is 4.79 Å². The van der Waals surface area contributed by atoms with Gasteiger partial charge in [0.15, 0.2) is 0 Å². The van der Waals surface area contributed by atoms with Crippen molar-refractivity contribution in [3.05, 3.63) is 35.4 Å². The first-order chi connectivity index (χ1) is 8.74. The fourth-order valence-electron chi connectivity index (χ4n) is 2.33. The maximum atomic E-state index is 11.7. The fraction of sp³-hybridized carbons (Fsp3) is 0.429. The van der Waals surface area contributed by atoms with E-state index < -0.39 is 0 Å². The largest absolute Gasteiger partial charge is 0.394 e. The van der Waals surface area contributed by atoms with E-state index in [4.69, 9.17) is 5.26 Å². The van der Waals surface area contributed by atoms with Crippen molar-refractivity contribution in [2.24, 2.45) is 0 Å². The average Bonchev–Trinajstić information content (AvgIpc) is 2.72. The molecule has 1 aliphatic rings. The summed E-state index contributed by atoms with van der Waals surface area (Å²) in [5.41, 5.74) is 1.97. The Labute approximate surface area is 106 Å². The molecule has 0 saturated carbocycles. The Morgan fingerprint density at radius 3 is 2.94 bits per heavy atom. The lowest BCUT2D eigenvalue weighted by molar-refractivity contribution is -0.130. The highest BCUT2D eigenvalue weighted by atomic mass is 16.3. The SMILES string of the molecule is N#CCc1cccc(CN2C(=O)CC[C@@H]2CO)c1. The maximum Gasteiger partial charge on any atom is 0.223 e. The van der Waals surface area contributed by atoms with Crippen molar-refractivity contribution < 1.29 is 9.90 Å². The van der Waals surface area contributed by atoms with Crippen LogP contribution in [0.25, 0.3) is 0 Å². The number of hydrogen-bond acceptors (Lipinski definition) is 3. The molecule has 1 atom stereocenters. The summed E-state index contributed by atoms with van der Waals surface area (Å²) in [7, 11) is 0. The first-order valence-corrected chi connectivity index (χ1v) is 6.09. The molecule has 0 spiro atoms. The second-order valence-corrected chi connectivity index (χ2v) is 4.55. The number of hydrogen-bond donors (Lipinski definition) is 1. The van der Waals surface area contributed by atoms with Crippen LogP contribution in [0.15, 0.2) is 24.3 Å². The van der Waals surface area contributed by atoms with Gasteiger partial charge in [-0.25, -0.2) is 0 Å². The molecule has 4 nitrogen and oxygen atoms in total. The van der Waals surface area contributed by atoms with Gasteiger partial charge < -0.3 is 10.0 Å². The summed E-state index contributed by atoms with van der Waals surface area (Å²) < 4.78 is 0. The number of aliphatic hydroxyl groups excluding tert-OH is 1. The van der Waals surface area contributed by atoms with Gasteiger partial charge >= 0.3 is 0 Å². The van der Waals surface area contributed by atoms with E-state index in [2.05, 4.69) is 6.07 Å². The first-order valence-electron chi connectivity index (χ1n) is 6.09. The van der Waals surface area contributed by atoms with Crippen LogP contribution in [0.2, 0.25) is 0 Å². The summed E-state index contributed by atoms with van der Waals surface area (Å²) in [6.07, 6.45) is 1.63. The van der Waals surface area contributed by atoms with Crippen molar-refractivity contribution in [3.8, 4) is 6.07 Å². The third kappa shape index (κ3) is 2.69. The van der Waals surface area contributed by atoms with E-state index in [1.807, 2.05) is 24.3 Å². The van der Waals surface area contributed by atoms with E-state index in [0.717, 1.165) is 17.5 Å². The Morgan fingerprint density at radius 2 is 2.22 bits per heavy atom. The zero-order chi connectivity index (χ0) is 13.0. The van der Waals surface area contributed by atoms with E-state index in [1.54, 1.807) is 4.90 Å². The maximum absolute atomic E-state index is 11.7. The number of rotatable bonds is 4. The third-order valence-corrected chi connectivity index (χ3v) is 3.29. The zero-order valence-corrected chi connectivity index (χ0v) is 10.2. The molecule has 1 aromatic carbocycles. The van der Waals surface area contributed by atoms with Crippen LogP contribution in [0, 0.1) is 11.3 Å². The van der Waals surface area contributed by atoms with Crippen LogP contribution < -0.4 is 0 Å². The van der Waals surface area contributed by atoms with Gasteiger partial charge in [0.2, 0.25) is 5.91 Å². The molecule has 0 aliphatic carbocycles. The van der Waals surface area contributed by atoms with E-state index in [9.17, 15) is 9.90 Å². The van der Waals surface area contributed by atoms with E-state index >= 15 is 0 Å². The van der Waals surface area contributed by atoms with Crippen molar-refractivity contribution in [2.75, 3.05) is 6.61 Å². The molecule has 1 aromatic rings. The van der Waals surface area contributed by atoms with Crippen molar-refractivity contribution in [2.45, 2.75) is 31.8 Å². The fourth-order valence-corrected chi connectivity index (χ4v) is 2.33. The molecule has 2 rings (SSSR count). The minimum Gasteiger partial charge on any atom is -0.394 e. The van der Waals surface area contributed by atoms with Crippen LogP contribution in [0.4, 0.5) is 0 Å². The van der Waals surface area contributed by atoms with Crippen molar-refractivity contribution in [1.82, 2.24) is 4.90 Å². The number of aliphatic hydroxyl groups is 1.